The van der Waals surface area contributed by atoms with E-state index in [4.69, 9.17) is 4.74 Å². The number of amides is 2. The van der Waals surface area contributed by atoms with Gasteiger partial charge in [0.05, 0.1) is 18.2 Å². The summed E-state index contributed by atoms with van der Waals surface area (Å²) in [5.74, 6) is 2.89. The zero-order valence-electron chi connectivity index (χ0n) is 20.0. The molecule has 5 fully saturated rings. The number of piperidine rings is 1. The summed E-state index contributed by atoms with van der Waals surface area (Å²) in [5, 5.41) is 3.29. The van der Waals surface area contributed by atoms with Crippen LogP contribution in [-0.4, -0.2) is 58.9 Å². The first kappa shape index (κ1) is 20.9. The Morgan fingerprint density at radius 2 is 2.18 bits per heavy atom. The molecule has 7 nitrogen and oxygen atoms in total. The molecule has 2 amide bonds. The van der Waals surface area contributed by atoms with Crippen molar-refractivity contribution in [2.24, 2.45) is 28.6 Å². The van der Waals surface area contributed by atoms with Crippen molar-refractivity contribution in [3.63, 3.8) is 0 Å². The summed E-state index contributed by atoms with van der Waals surface area (Å²) in [6.45, 7) is 2.20. The van der Waals surface area contributed by atoms with Gasteiger partial charge >= 0.3 is 0 Å². The first-order valence-corrected chi connectivity index (χ1v) is 13.0. The van der Waals surface area contributed by atoms with Crippen LogP contribution in [0.4, 0.5) is 0 Å². The van der Waals surface area contributed by atoms with Crippen molar-refractivity contribution in [3.8, 4) is 0 Å². The van der Waals surface area contributed by atoms with Gasteiger partial charge in [-0.25, -0.2) is 4.98 Å². The highest BCUT2D eigenvalue weighted by Crippen LogP contribution is 2.83. The molecule has 1 aliphatic heterocycles. The predicted octanol–water partition coefficient (Wildman–Crippen LogP) is 3.07. The molecule has 1 spiro atoms. The Hall–Kier alpha value is -2.41. The average molecular weight is 463 g/mol. The minimum absolute atomic E-state index is 0.0400. The fourth-order valence-corrected chi connectivity index (χ4v) is 8.18. The molecule has 3 heterocycles. The van der Waals surface area contributed by atoms with Crippen LogP contribution in [0.3, 0.4) is 0 Å². The number of fused-ring (bicyclic) bond motifs is 3. The molecule has 6 atom stereocenters. The van der Waals surface area contributed by atoms with Gasteiger partial charge in [-0.2, -0.15) is 0 Å². The molecular formula is C27H34N4O3. The zero-order valence-corrected chi connectivity index (χ0v) is 20.0. The van der Waals surface area contributed by atoms with Crippen molar-refractivity contribution in [2.45, 2.75) is 57.5 Å². The smallest absolute Gasteiger partial charge is 0.268 e. The van der Waals surface area contributed by atoms with E-state index in [1.807, 2.05) is 33.7 Å². The second-order valence-electron chi connectivity index (χ2n) is 11.9. The van der Waals surface area contributed by atoms with E-state index in [2.05, 4.69) is 10.3 Å². The first-order chi connectivity index (χ1) is 16.5. The normalized spacial score (nSPS) is 37.3. The van der Waals surface area contributed by atoms with Gasteiger partial charge in [-0.05, 0) is 85.7 Å². The Kier molecular flexibility index (Phi) is 4.49. The van der Waals surface area contributed by atoms with E-state index in [9.17, 15) is 9.59 Å². The van der Waals surface area contributed by atoms with Gasteiger partial charge in [0.1, 0.15) is 11.3 Å². The van der Waals surface area contributed by atoms with Crippen molar-refractivity contribution in [2.75, 3.05) is 26.7 Å². The van der Waals surface area contributed by atoms with E-state index in [0.29, 0.717) is 34.4 Å². The average Bonchev–Trinajstić information content (AvgIpc) is 3.69. The Labute approximate surface area is 200 Å². The minimum Gasteiger partial charge on any atom is -0.380 e. The number of nitrogens with one attached hydrogen (secondary N) is 1. The molecule has 2 aromatic rings. The molecule has 1 N–H and O–H groups in total. The third-order valence-electron chi connectivity index (χ3n) is 9.81. The predicted molar refractivity (Wildman–Crippen MR) is 126 cm³/mol. The van der Waals surface area contributed by atoms with Crippen LogP contribution in [0.1, 0.15) is 61.1 Å². The molecule has 0 radical (unpaired) electrons. The maximum atomic E-state index is 13.3. The zero-order chi connectivity index (χ0) is 23.1. The topological polar surface area (TPSA) is 75.9 Å². The molecule has 4 aliphatic carbocycles. The summed E-state index contributed by atoms with van der Waals surface area (Å²) in [7, 11) is 1.71. The lowest BCUT2D eigenvalue weighted by atomic mass is 9.71. The molecule has 7 rings (SSSR count). The van der Waals surface area contributed by atoms with Crippen LogP contribution in [-0.2, 0) is 16.0 Å². The number of ether oxygens (including phenoxy) is 1. The number of hydrogen-bond acceptors (Lipinski definition) is 4. The lowest BCUT2D eigenvalue weighted by Crippen LogP contribution is -2.43. The van der Waals surface area contributed by atoms with Gasteiger partial charge in [0, 0.05) is 32.9 Å². The maximum absolute atomic E-state index is 13.3. The van der Waals surface area contributed by atoms with Crippen LogP contribution in [0.5, 0.6) is 0 Å². The Morgan fingerprint density at radius 3 is 3.06 bits per heavy atom. The lowest BCUT2D eigenvalue weighted by Gasteiger charge is -2.36. The molecule has 5 aliphatic rings. The molecule has 34 heavy (non-hydrogen) atoms. The largest absolute Gasteiger partial charge is 0.380 e. The number of carbonyl (C=O) groups is 2. The van der Waals surface area contributed by atoms with Gasteiger partial charge in [-0.15, -0.1) is 0 Å². The fourth-order valence-electron chi connectivity index (χ4n) is 8.18. The van der Waals surface area contributed by atoms with Crippen LogP contribution in [0.25, 0.3) is 5.65 Å². The number of aromatic nitrogens is 2. The second-order valence-corrected chi connectivity index (χ2v) is 11.9. The third kappa shape index (κ3) is 3.23. The summed E-state index contributed by atoms with van der Waals surface area (Å²) in [6.07, 6.45) is 11.0. The number of imidazole rings is 1. The van der Waals surface area contributed by atoms with Gasteiger partial charge in [0.2, 0.25) is 5.91 Å². The molecule has 180 valence electrons. The van der Waals surface area contributed by atoms with Crippen LogP contribution in [0, 0.1) is 28.6 Å². The summed E-state index contributed by atoms with van der Waals surface area (Å²) < 4.78 is 7.30. The van der Waals surface area contributed by atoms with E-state index in [1.54, 1.807) is 7.11 Å². The number of likely N-dealkylation sites (tertiary alicyclic amines) is 1. The summed E-state index contributed by atoms with van der Waals surface area (Å²) in [4.78, 5) is 32.7. The first-order valence-electron chi connectivity index (χ1n) is 13.0. The van der Waals surface area contributed by atoms with E-state index in [0.717, 1.165) is 43.7 Å². The molecule has 2 bridgehead atoms. The van der Waals surface area contributed by atoms with E-state index >= 15 is 0 Å². The molecule has 6 unspecified atom stereocenters. The fraction of sp³-hybridized carbons (Fsp3) is 0.667. The number of methoxy groups -OCH3 is 1. The monoisotopic (exact) mass is 462 g/mol. The maximum Gasteiger partial charge on any atom is 0.268 e. The number of nitrogens with zero attached hydrogens (tertiary/aromatic N) is 3. The Morgan fingerprint density at radius 1 is 1.26 bits per heavy atom. The molecule has 2 aromatic heterocycles. The van der Waals surface area contributed by atoms with Gasteiger partial charge < -0.3 is 15.0 Å². The van der Waals surface area contributed by atoms with Crippen LogP contribution in [0.2, 0.25) is 0 Å². The van der Waals surface area contributed by atoms with Crippen LogP contribution in [0.15, 0.2) is 24.4 Å². The highest BCUT2D eigenvalue weighted by molar-refractivity contribution is 5.93. The van der Waals surface area contributed by atoms with Crippen molar-refractivity contribution in [1.82, 2.24) is 19.6 Å². The van der Waals surface area contributed by atoms with Crippen molar-refractivity contribution in [3.05, 3.63) is 35.8 Å². The Balaban J connectivity index is 1.04. The molecule has 7 heteroatoms. The standard InChI is InChI=1S/C27H34N4O3/c1-34-20-4-3-7-30(14-20)24(32)9-19-13-31-22(5-2-6-23(31)29-19)25(33)28-16-26-10-17-8-21(17)27(15-26)12-18(27)11-26/h2,5-6,13,17-18,20-21H,3-4,7-12,14-16H2,1H3,(H,28,33). The van der Waals surface area contributed by atoms with Gasteiger partial charge in [-0.3, -0.25) is 14.0 Å². The minimum atomic E-state index is -0.0400. The highest BCUT2D eigenvalue weighted by Gasteiger charge is 2.76. The third-order valence-corrected chi connectivity index (χ3v) is 9.81. The highest BCUT2D eigenvalue weighted by atomic mass is 16.5. The van der Waals surface area contributed by atoms with Gasteiger partial charge in [0.25, 0.3) is 5.91 Å². The summed E-state index contributed by atoms with van der Waals surface area (Å²) in [6, 6.07) is 5.63. The number of rotatable bonds is 6. The summed E-state index contributed by atoms with van der Waals surface area (Å²) in [5.41, 5.74) is 2.99. The number of pyridine rings is 1. The SMILES string of the molecule is COC1CCCN(C(=O)Cc2cn3c(C(=O)NCC45CC6CC6C6(CC6C4)C5)cccc3n2)C1. The quantitative estimate of drug-likeness (QED) is 0.716. The van der Waals surface area contributed by atoms with E-state index in [-0.39, 0.29) is 24.3 Å². The van der Waals surface area contributed by atoms with Crippen LogP contribution >= 0.6 is 0 Å². The van der Waals surface area contributed by atoms with Crippen molar-refractivity contribution in [1.29, 1.82) is 0 Å². The van der Waals surface area contributed by atoms with E-state index < -0.39 is 0 Å². The van der Waals surface area contributed by atoms with Crippen molar-refractivity contribution >= 4 is 17.5 Å². The van der Waals surface area contributed by atoms with Crippen molar-refractivity contribution < 1.29 is 14.3 Å². The van der Waals surface area contributed by atoms with Crippen LogP contribution < -0.4 is 5.32 Å². The molecule has 4 saturated carbocycles. The molecule has 1 saturated heterocycles. The number of hydrogen-bond donors (Lipinski definition) is 1. The molecule has 0 aromatic carbocycles. The lowest BCUT2D eigenvalue weighted by molar-refractivity contribution is -0.134. The molecular weight excluding hydrogens is 428 g/mol. The van der Waals surface area contributed by atoms with Gasteiger partial charge in [0.15, 0.2) is 0 Å². The Bertz CT molecular complexity index is 1170. The second kappa shape index (κ2) is 7.30. The van der Waals surface area contributed by atoms with Gasteiger partial charge in [-0.1, -0.05) is 6.07 Å². The number of carbonyl (C=O) groups excluding carboxylic acids is 2. The summed E-state index contributed by atoms with van der Waals surface area (Å²) >= 11 is 0. The van der Waals surface area contributed by atoms with E-state index in [1.165, 1.54) is 32.1 Å².